The van der Waals surface area contributed by atoms with Gasteiger partial charge >= 0.3 is 0 Å². The van der Waals surface area contributed by atoms with Crippen molar-refractivity contribution in [1.82, 2.24) is 18.8 Å². The van der Waals surface area contributed by atoms with Gasteiger partial charge in [-0.3, -0.25) is 14.2 Å². The Morgan fingerprint density at radius 3 is 2.32 bits per heavy atom. The van der Waals surface area contributed by atoms with Crippen molar-refractivity contribution in [3.05, 3.63) is 68.7 Å². The normalized spacial score (nSPS) is 20.6. The fourth-order valence-electron chi connectivity index (χ4n) is 4.69. The number of anilines is 2. The van der Waals surface area contributed by atoms with E-state index in [-0.39, 0.29) is 48.8 Å². The van der Waals surface area contributed by atoms with Crippen LogP contribution in [-0.4, -0.2) is 65.7 Å². The Balaban J connectivity index is 1.67. The van der Waals surface area contributed by atoms with Gasteiger partial charge in [0.15, 0.2) is 5.03 Å². The molecule has 194 valence electrons. The SMILES string of the molecule is CN1CCN(S(=O)(=O)c2cnc3n2C(C)(Cc2ccc(Br)cc2)C(=O)N3c2cc(Cl)cc(Cl)c2)CC1=O. The molecule has 0 spiro atoms. The highest BCUT2D eigenvalue weighted by Crippen LogP contribution is 2.45. The van der Waals surface area contributed by atoms with Crippen LogP contribution >= 0.6 is 39.1 Å². The van der Waals surface area contributed by atoms with E-state index in [9.17, 15) is 18.0 Å². The lowest BCUT2D eigenvalue weighted by Crippen LogP contribution is -2.51. The van der Waals surface area contributed by atoms with Crippen LogP contribution < -0.4 is 4.90 Å². The summed E-state index contributed by atoms with van der Waals surface area (Å²) in [6, 6.07) is 12.1. The van der Waals surface area contributed by atoms with Crippen molar-refractivity contribution >= 4 is 72.6 Å². The fourth-order valence-corrected chi connectivity index (χ4v) is 7.03. The molecular formula is C24H22BrCl2N5O4S. The molecule has 2 aliphatic heterocycles. The van der Waals surface area contributed by atoms with Crippen LogP contribution in [0.1, 0.15) is 12.5 Å². The third-order valence-corrected chi connectivity index (χ3v) is 9.43. The van der Waals surface area contributed by atoms with Crippen molar-refractivity contribution in [1.29, 1.82) is 0 Å². The molecule has 1 saturated heterocycles. The van der Waals surface area contributed by atoms with Crippen LogP contribution in [0, 0.1) is 0 Å². The topological polar surface area (TPSA) is 95.8 Å². The maximum atomic E-state index is 14.1. The zero-order valence-electron chi connectivity index (χ0n) is 19.9. The van der Waals surface area contributed by atoms with E-state index in [2.05, 4.69) is 20.9 Å². The molecule has 3 aromatic rings. The maximum absolute atomic E-state index is 14.1. The number of hydrogen-bond donors (Lipinski definition) is 0. The first-order valence-electron chi connectivity index (χ1n) is 11.3. The summed E-state index contributed by atoms with van der Waals surface area (Å²) in [5, 5.41) is 0.473. The lowest BCUT2D eigenvalue weighted by Gasteiger charge is -2.32. The van der Waals surface area contributed by atoms with Crippen molar-refractivity contribution in [2.75, 3.05) is 31.6 Å². The number of nitrogens with zero attached hydrogens (tertiary/aromatic N) is 5. The first-order valence-corrected chi connectivity index (χ1v) is 14.3. The standard InChI is InChI=1S/C24H22BrCl2N5O4S/c1-24(12-15-3-5-16(25)6-4-15)22(34)31(19-10-17(26)9-18(27)11-19)23-28-13-21(32(23)24)37(35,36)30-8-7-29(2)20(33)14-30/h3-6,9-11,13H,7-8,12,14H2,1-2H3. The van der Waals surface area contributed by atoms with Crippen LogP contribution in [-0.2, 0) is 31.6 Å². The second kappa shape index (κ2) is 9.39. The van der Waals surface area contributed by atoms with E-state index in [0.717, 1.165) is 14.3 Å². The van der Waals surface area contributed by atoms with Gasteiger partial charge in [-0.15, -0.1) is 0 Å². The van der Waals surface area contributed by atoms with Crippen molar-refractivity contribution in [3.8, 4) is 0 Å². The minimum Gasteiger partial charge on any atom is -0.343 e. The predicted molar refractivity (Wildman–Crippen MR) is 144 cm³/mol. The van der Waals surface area contributed by atoms with Crippen molar-refractivity contribution in [3.63, 3.8) is 0 Å². The van der Waals surface area contributed by atoms with Gasteiger partial charge in [0.05, 0.1) is 18.4 Å². The molecule has 0 radical (unpaired) electrons. The summed E-state index contributed by atoms with van der Waals surface area (Å²) < 4.78 is 31.1. The average Bonchev–Trinajstić information content (AvgIpc) is 3.35. The number of likely N-dealkylation sites (N-methyl/N-ethyl adjacent to an activating group) is 1. The van der Waals surface area contributed by atoms with Crippen LogP contribution in [0.15, 0.2) is 58.2 Å². The highest BCUT2D eigenvalue weighted by Gasteiger charge is 2.52. The summed E-state index contributed by atoms with van der Waals surface area (Å²) >= 11 is 15.9. The summed E-state index contributed by atoms with van der Waals surface area (Å²) in [6.45, 7) is 1.80. The molecule has 1 unspecified atom stereocenters. The van der Waals surface area contributed by atoms with E-state index in [0.29, 0.717) is 15.7 Å². The van der Waals surface area contributed by atoms with Crippen molar-refractivity contribution < 1.29 is 18.0 Å². The number of piperazine rings is 1. The Morgan fingerprint density at radius 1 is 1.05 bits per heavy atom. The molecule has 9 nitrogen and oxygen atoms in total. The van der Waals surface area contributed by atoms with E-state index in [4.69, 9.17) is 23.2 Å². The molecule has 0 bridgehead atoms. The van der Waals surface area contributed by atoms with Gasteiger partial charge in [0, 0.05) is 41.1 Å². The van der Waals surface area contributed by atoms with Crippen LogP contribution in [0.2, 0.25) is 10.0 Å². The number of amides is 2. The zero-order chi connectivity index (χ0) is 26.7. The number of carbonyl (C=O) groups is 2. The summed E-state index contributed by atoms with van der Waals surface area (Å²) in [5.41, 5.74) is -0.164. The smallest absolute Gasteiger partial charge is 0.260 e. The largest absolute Gasteiger partial charge is 0.343 e. The monoisotopic (exact) mass is 625 g/mol. The number of benzene rings is 2. The Labute approximate surface area is 232 Å². The number of fused-ring (bicyclic) bond motifs is 1. The predicted octanol–water partition coefficient (Wildman–Crippen LogP) is 4.05. The number of carbonyl (C=O) groups excluding carboxylic acids is 2. The summed E-state index contributed by atoms with van der Waals surface area (Å²) in [5.74, 6) is -0.565. The first kappa shape index (κ1) is 26.2. The van der Waals surface area contributed by atoms with Gasteiger partial charge in [-0.2, -0.15) is 4.31 Å². The van der Waals surface area contributed by atoms with Gasteiger partial charge in [0.2, 0.25) is 11.9 Å². The Kier molecular flexibility index (Phi) is 6.64. The lowest BCUT2D eigenvalue weighted by atomic mass is 9.92. The number of aromatic nitrogens is 2. The fraction of sp³-hybridized carbons (Fsp3) is 0.292. The Morgan fingerprint density at radius 2 is 1.70 bits per heavy atom. The second-order valence-electron chi connectivity index (χ2n) is 9.23. The molecule has 2 aromatic carbocycles. The minimum atomic E-state index is -4.17. The number of sulfonamides is 1. The van der Waals surface area contributed by atoms with E-state index in [1.165, 1.54) is 20.6 Å². The molecule has 2 amide bonds. The highest BCUT2D eigenvalue weighted by atomic mass is 79.9. The number of hydrogen-bond acceptors (Lipinski definition) is 5. The van der Waals surface area contributed by atoms with E-state index in [1.54, 1.807) is 32.2 Å². The first-order chi connectivity index (χ1) is 17.4. The van der Waals surface area contributed by atoms with E-state index >= 15 is 0 Å². The van der Waals surface area contributed by atoms with Crippen LogP contribution in [0.25, 0.3) is 0 Å². The molecular weight excluding hydrogens is 605 g/mol. The molecule has 0 saturated carbocycles. The van der Waals surface area contributed by atoms with Gasteiger partial charge in [0.1, 0.15) is 5.54 Å². The van der Waals surface area contributed by atoms with E-state index in [1.807, 2.05) is 24.3 Å². The van der Waals surface area contributed by atoms with E-state index < -0.39 is 15.6 Å². The van der Waals surface area contributed by atoms with Gasteiger partial charge < -0.3 is 4.90 Å². The molecule has 5 rings (SSSR count). The Bertz CT molecular complexity index is 1510. The highest BCUT2D eigenvalue weighted by molar-refractivity contribution is 9.10. The maximum Gasteiger partial charge on any atom is 0.260 e. The molecule has 13 heteroatoms. The minimum absolute atomic E-state index is 0.127. The van der Waals surface area contributed by atoms with Gasteiger partial charge in [-0.05, 0) is 42.8 Å². The molecule has 2 aliphatic rings. The van der Waals surface area contributed by atoms with Crippen molar-refractivity contribution in [2.24, 2.45) is 0 Å². The van der Waals surface area contributed by atoms with Crippen LogP contribution in [0.4, 0.5) is 11.6 Å². The zero-order valence-corrected chi connectivity index (χ0v) is 23.8. The summed E-state index contributed by atoms with van der Waals surface area (Å²) in [6.07, 6.45) is 1.43. The number of imidazole rings is 1. The third kappa shape index (κ3) is 4.46. The van der Waals surface area contributed by atoms with Gasteiger partial charge in [-0.1, -0.05) is 51.3 Å². The summed E-state index contributed by atoms with van der Waals surface area (Å²) in [7, 11) is -2.54. The quantitative estimate of drug-likeness (QED) is 0.426. The second-order valence-corrected chi connectivity index (χ2v) is 12.9. The lowest BCUT2D eigenvalue weighted by molar-refractivity contribution is -0.132. The number of halogens is 3. The molecule has 1 atom stereocenters. The van der Waals surface area contributed by atoms with Crippen LogP contribution in [0.5, 0.6) is 0 Å². The molecule has 3 heterocycles. The molecule has 1 aromatic heterocycles. The number of rotatable bonds is 5. The average molecular weight is 627 g/mol. The summed E-state index contributed by atoms with van der Waals surface area (Å²) in [4.78, 5) is 33.6. The van der Waals surface area contributed by atoms with Crippen molar-refractivity contribution in [2.45, 2.75) is 23.9 Å². The van der Waals surface area contributed by atoms with Crippen LogP contribution in [0.3, 0.4) is 0 Å². The molecule has 37 heavy (non-hydrogen) atoms. The van der Waals surface area contributed by atoms with Gasteiger partial charge in [-0.25, -0.2) is 18.3 Å². The molecule has 0 N–H and O–H groups in total. The van der Waals surface area contributed by atoms with Gasteiger partial charge in [0.25, 0.3) is 15.9 Å². The molecule has 1 fully saturated rings. The Hall–Kier alpha value is -2.44. The molecule has 0 aliphatic carbocycles. The third-order valence-electron chi connectivity index (χ3n) is 6.66.